The lowest BCUT2D eigenvalue weighted by molar-refractivity contribution is -0.122. The molecule has 8 heteroatoms. The van der Waals surface area contributed by atoms with Crippen LogP contribution >= 0.6 is 0 Å². The third kappa shape index (κ3) is 2.87. The lowest BCUT2D eigenvalue weighted by atomic mass is 10.2. The highest BCUT2D eigenvalue weighted by molar-refractivity contribution is 5.76. The minimum atomic E-state index is 0.0373. The summed E-state index contributed by atoms with van der Waals surface area (Å²) >= 11 is 0. The zero-order chi connectivity index (χ0) is 15.6. The van der Waals surface area contributed by atoms with Crippen LogP contribution in [0.3, 0.4) is 0 Å². The second-order valence-corrected chi connectivity index (χ2v) is 5.68. The Balaban J connectivity index is 1.37. The van der Waals surface area contributed by atoms with Crippen LogP contribution in [0.4, 0.5) is 5.82 Å². The van der Waals surface area contributed by atoms with E-state index in [0.29, 0.717) is 6.54 Å². The van der Waals surface area contributed by atoms with Crippen molar-refractivity contribution in [1.29, 1.82) is 0 Å². The summed E-state index contributed by atoms with van der Waals surface area (Å²) in [6, 6.07) is 7.81. The molecule has 1 saturated heterocycles. The quantitative estimate of drug-likeness (QED) is 0.750. The zero-order valence-corrected chi connectivity index (χ0v) is 12.5. The number of fused-ring (bicyclic) bond motifs is 1. The third-order valence-electron chi connectivity index (χ3n) is 4.02. The summed E-state index contributed by atoms with van der Waals surface area (Å²) in [5, 5.41) is 15.4. The van der Waals surface area contributed by atoms with E-state index in [1.54, 1.807) is 10.8 Å². The number of hydrogen-bond donors (Lipinski definition) is 1. The Morgan fingerprint density at radius 2 is 2.17 bits per heavy atom. The molecule has 8 nitrogen and oxygen atoms in total. The van der Waals surface area contributed by atoms with Gasteiger partial charge in [0, 0.05) is 31.5 Å². The summed E-state index contributed by atoms with van der Waals surface area (Å²) in [5.74, 6) is 0.912. The van der Waals surface area contributed by atoms with Gasteiger partial charge in [-0.05, 0) is 30.7 Å². The normalized spacial score (nSPS) is 17.7. The molecule has 118 valence electrons. The average Bonchev–Trinajstić information content (AvgIpc) is 3.27. The maximum atomic E-state index is 12.1. The van der Waals surface area contributed by atoms with E-state index >= 15 is 0 Å². The topological polar surface area (TPSA) is 80.4 Å². The Morgan fingerprint density at radius 3 is 3.04 bits per heavy atom. The molecule has 1 aliphatic rings. The fourth-order valence-electron chi connectivity index (χ4n) is 2.89. The third-order valence-corrected chi connectivity index (χ3v) is 4.02. The largest absolute Gasteiger partial charge is 0.353 e. The first kappa shape index (κ1) is 13.7. The fraction of sp³-hybridized carbons (Fsp3) is 0.333. The van der Waals surface area contributed by atoms with Gasteiger partial charge in [-0.25, -0.2) is 0 Å². The molecule has 0 saturated carbocycles. The van der Waals surface area contributed by atoms with Crippen LogP contribution < -0.4 is 10.2 Å². The van der Waals surface area contributed by atoms with E-state index in [4.69, 9.17) is 0 Å². The molecule has 0 aliphatic carbocycles. The maximum absolute atomic E-state index is 12.1. The predicted octanol–water partition coefficient (Wildman–Crippen LogP) is 0.321. The van der Waals surface area contributed by atoms with Crippen LogP contribution in [-0.4, -0.2) is 49.4 Å². The van der Waals surface area contributed by atoms with Gasteiger partial charge in [-0.2, -0.15) is 4.52 Å². The van der Waals surface area contributed by atoms with E-state index in [1.165, 1.54) is 0 Å². The smallest absolute Gasteiger partial charge is 0.240 e. The molecule has 4 rings (SSSR count). The number of amides is 1. The number of rotatable bonds is 4. The summed E-state index contributed by atoms with van der Waals surface area (Å²) in [4.78, 5) is 14.2. The van der Waals surface area contributed by atoms with Gasteiger partial charge in [-0.1, -0.05) is 0 Å². The molecule has 4 heterocycles. The number of aromatic nitrogens is 5. The number of anilines is 1. The molecule has 23 heavy (non-hydrogen) atoms. The van der Waals surface area contributed by atoms with E-state index in [1.807, 2.05) is 41.2 Å². The molecule has 0 spiro atoms. The molecular weight excluding hydrogens is 294 g/mol. The number of nitrogens with one attached hydrogen (secondary N) is 1. The van der Waals surface area contributed by atoms with Crippen molar-refractivity contribution in [2.75, 3.05) is 18.0 Å². The van der Waals surface area contributed by atoms with Crippen LogP contribution in [0.25, 0.3) is 5.65 Å². The van der Waals surface area contributed by atoms with Crippen LogP contribution in [0.2, 0.25) is 0 Å². The zero-order valence-electron chi connectivity index (χ0n) is 12.5. The van der Waals surface area contributed by atoms with Crippen molar-refractivity contribution >= 4 is 17.4 Å². The van der Waals surface area contributed by atoms with Gasteiger partial charge < -0.3 is 14.8 Å². The van der Waals surface area contributed by atoms with Crippen molar-refractivity contribution < 1.29 is 4.79 Å². The standard InChI is InChI=1S/C15H17N7O/c23-15(10-20-6-1-2-7-20)17-12-5-8-21(9-12)14-4-3-13-18-16-11-22(13)19-14/h1-4,6-7,11-12H,5,8-10H2,(H,17,23)/t12-/m1/s1. The second-order valence-electron chi connectivity index (χ2n) is 5.68. The van der Waals surface area contributed by atoms with Gasteiger partial charge in [0.1, 0.15) is 18.7 Å². The van der Waals surface area contributed by atoms with E-state index in [-0.39, 0.29) is 11.9 Å². The maximum Gasteiger partial charge on any atom is 0.240 e. The van der Waals surface area contributed by atoms with Crippen LogP contribution in [0, 0.1) is 0 Å². The van der Waals surface area contributed by atoms with Crippen molar-refractivity contribution in [1.82, 2.24) is 29.7 Å². The highest BCUT2D eigenvalue weighted by Gasteiger charge is 2.25. The van der Waals surface area contributed by atoms with Crippen molar-refractivity contribution in [2.45, 2.75) is 19.0 Å². The van der Waals surface area contributed by atoms with Gasteiger partial charge in [0.05, 0.1) is 0 Å². The molecule has 0 bridgehead atoms. The molecule has 0 aromatic carbocycles. The van der Waals surface area contributed by atoms with Crippen LogP contribution in [0.15, 0.2) is 43.0 Å². The summed E-state index contributed by atoms with van der Waals surface area (Å²) < 4.78 is 3.52. The van der Waals surface area contributed by atoms with Gasteiger partial charge >= 0.3 is 0 Å². The Morgan fingerprint density at radius 1 is 1.30 bits per heavy atom. The highest BCUT2D eigenvalue weighted by Crippen LogP contribution is 2.18. The van der Waals surface area contributed by atoms with E-state index in [9.17, 15) is 4.79 Å². The molecule has 3 aromatic heterocycles. The van der Waals surface area contributed by atoms with Gasteiger partial charge in [0.25, 0.3) is 0 Å². The predicted molar refractivity (Wildman–Crippen MR) is 84.0 cm³/mol. The molecule has 0 radical (unpaired) electrons. The monoisotopic (exact) mass is 311 g/mol. The summed E-state index contributed by atoms with van der Waals surface area (Å²) in [5.41, 5.74) is 0.726. The van der Waals surface area contributed by atoms with Gasteiger partial charge in [0.15, 0.2) is 5.65 Å². The molecule has 1 N–H and O–H groups in total. The highest BCUT2D eigenvalue weighted by atomic mass is 16.2. The van der Waals surface area contributed by atoms with Crippen molar-refractivity contribution in [3.63, 3.8) is 0 Å². The molecular formula is C15H17N7O. The van der Waals surface area contributed by atoms with Crippen molar-refractivity contribution in [3.8, 4) is 0 Å². The minimum absolute atomic E-state index is 0.0373. The SMILES string of the molecule is O=C(Cn1cccc1)N[C@@H]1CCN(c2ccc3nncn3n2)C1. The number of carbonyl (C=O) groups excluding carboxylic acids is 1. The average molecular weight is 311 g/mol. The van der Waals surface area contributed by atoms with Gasteiger partial charge in [-0.3, -0.25) is 4.79 Å². The molecule has 1 amide bonds. The van der Waals surface area contributed by atoms with E-state index in [2.05, 4.69) is 25.5 Å². The van der Waals surface area contributed by atoms with Crippen molar-refractivity contribution in [3.05, 3.63) is 43.0 Å². The Hall–Kier alpha value is -2.90. The Bertz CT molecular complexity index is 810. The number of carbonyl (C=O) groups is 1. The number of hydrogen-bond acceptors (Lipinski definition) is 5. The Kier molecular flexibility index (Phi) is 3.41. The molecule has 3 aromatic rings. The fourth-order valence-corrected chi connectivity index (χ4v) is 2.89. The molecule has 0 unspecified atom stereocenters. The molecule has 1 fully saturated rings. The molecule has 1 aliphatic heterocycles. The lowest BCUT2D eigenvalue weighted by Crippen LogP contribution is -2.38. The summed E-state index contributed by atoms with van der Waals surface area (Å²) in [7, 11) is 0. The van der Waals surface area contributed by atoms with E-state index < -0.39 is 0 Å². The Labute approximate surface area is 132 Å². The number of nitrogens with zero attached hydrogens (tertiary/aromatic N) is 6. The van der Waals surface area contributed by atoms with Crippen molar-refractivity contribution in [2.24, 2.45) is 0 Å². The minimum Gasteiger partial charge on any atom is -0.353 e. The van der Waals surface area contributed by atoms with Crippen LogP contribution in [0.5, 0.6) is 0 Å². The van der Waals surface area contributed by atoms with Crippen LogP contribution in [-0.2, 0) is 11.3 Å². The van der Waals surface area contributed by atoms with Crippen LogP contribution in [0.1, 0.15) is 6.42 Å². The van der Waals surface area contributed by atoms with E-state index in [0.717, 1.165) is 31.0 Å². The summed E-state index contributed by atoms with van der Waals surface area (Å²) in [6.07, 6.45) is 6.28. The first-order valence-corrected chi connectivity index (χ1v) is 7.60. The first-order chi connectivity index (χ1) is 11.3. The van der Waals surface area contributed by atoms with Gasteiger partial charge in [0.2, 0.25) is 5.91 Å². The summed E-state index contributed by atoms with van der Waals surface area (Å²) in [6.45, 7) is 1.99. The molecule has 1 atom stereocenters. The second kappa shape index (κ2) is 5.71. The first-order valence-electron chi connectivity index (χ1n) is 7.60. The van der Waals surface area contributed by atoms with Gasteiger partial charge in [-0.15, -0.1) is 15.3 Å². The lowest BCUT2D eigenvalue weighted by Gasteiger charge is -2.17.